The van der Waals surface area contributed by atoms with E-state index in [1.54, 1.807) is 12.0 Å². The average Bonchev–Trinajstić information content (AvgIpc) is 3.00. The first-order valence-electron chi connectivity index (χ1n) is 15.6. The summed E-state index contributed by atoms with van der Waals surface area (Å²) in [4.78, 5) is 29.8. The Kier molecular flexibility index (Phi) is 9.65. The second-order valence-electron chi connectivity index (χ2n) is 12.7. The van der Waals surface area contributed by atoms with Crippen LogP contribution < -0.4 is 14.4 Å². The number of carbonyl (C=O) groups excluding carboxylic acids is 2. The number of halogens is 1. The molecule has 3 aromatic carbocycles. The molecule has 1 fully saturated rings. The number of rotatable bonds is 8. The molecular formula is C36H43ClN2O6. The highest BCUT2D eigenvalue weighted by molar-refractivity contribution is 6.30. The highest BCUT2D eigenvalue weighted by Gasteiger charge is 2.39. The fourth-order valence-electron chi connectivity index (χ4n) is 6.42. The molecular weight excluding hydrogens is 592 g/mol. The molecule has 2 heterocycles. The maximum atomic E-state index is 13.9. The summed E-state index contributed by atoms with van der Waals surface area (Å²) in [5.41, 5.74) is 3.12. The van der Waals surface area contributed by atoms with Gasteiger partial charge in [-0.2, -0.15) is 0 Å². The molecule has 0 spiro atoms. The Morgan fingerprint density at radius 3 is 2.18 bits per heavy atom. The molecule has 3 aromatic rings. The van der Waals surface area contributed by atoms with Gasteiger partial charge in [-0.15, -0.1) is 0 Å². The van der Waals surface area contributed by atoms with E-state index in [1.807, 2.05) is 100 Å². The molecule has 2 aliphatic heterocycles. The van der Waals surface area contributed by atoms with Crippen LogP contribution >= 0.6 is 11.6 Å². The molecule has 0 saturated carbocycles. The number of aliphatic hydroxyl groups is 1. The standard InChI is InChI=1S/C36H43ClN2O6/c1-22(2)44-32-21-30-25(19-31(32)43-6)20-33(40)39(34(30)24-7-11-28(37)12-8-24)29-13-9-26(10-14-29)36(5,42)27-15-17-38(18-16-27)35(41)45-23(3)4/h7-14,19,21-23,27,34,42H,15-18,20H2,1-6H3/t34-,36?/m0/s1. The maximum absolute atomic E-state index is 13.9. The molecule has 9 heteroatoms. The predicted molar refractivity (Wildman–Crippen MR) is 175 cm³/mol. The second kappa shape index (κ2) is 13.3. The molecule has 0 aliphatic carbocycles. The van der Waals surface area contributed by atoms with Crippen LogP contribution in [0.4, 0.5) is 10.5 Å². The highest BCUT2D eigenvalue weighted by Crippen LogP contribution is 2.44. The van der Waals surface area contributed by atoms with Gasteiger partial charge in [0.05, 0.1) is 37.4 Å². The lowest BCUT2D eigenvalue weighted by atomic mass is 9.77. The van der Waals surface area contributed by atoms with Crippen LogP contribution in [0.5, 0.6) is 11.5 Å². The summed E-state index contributed by atoms with van der Waals surface area (Å²) >= 11 is 6.26. The second-order valence-corrected chi connectivity index (χ2v) is 13.1. The number of piperidine rings is 1. The van der Waals surface area contributed by atoms with Gasteiger partial charge in [-0.1, -0.05) is 35.9 Å². The quantitative estimate of drug-likeness (QED) is 0.280. The van der Waals surface area contributed by atoms with Crippen LogP contribution in [0, 0.1) is 5.92 Å². The van der Waals surface area contributed by atoms with Gasteiger partial charge in [0.2, 0.25) is 5.91 Å². The molecule has 1 N–H and O–H groups in total. The van der Waals surface area contributed by atoms with E-state index in [-0.39, 0.29) is 36.5 Å². The Balaban J connectivity index is 1.45. The molecule has 240 valence electrons. The minimum absolute atomic E-state index is 0.0360. The molecule has 0 bridgehead atoms. The summed E-state index contributed by atoms with van der Waals surface area (Å²) in [7, 11) is 1.60. The number of carbonyl (C=O) groups is 2. The predicted octanol–water partition coefficient (Wildman–Crippen LogP) is 7.28. The Hall–Kier alpha value is -3.75. The summed E-state index contributed by atoms with van der Waals surface area (Å²) in [5.74, 6) is 1.12. The summed E-state index contributed by atoms with van der Waals surface area (Å²) in [6.07, 6.45) is 0.980. The molecule has 45 heavy (non-hydrogen) atoms. The third-order valence-corrected chi connectivity index (χ3v) is 9.00. The van der Waals surface area contributed by atoms with Crippen molar-refractivity contribution in [3.63, 3.8) is 0 Å². The van der Waals surface area contributed by atoms with Crippen molar-refractivity contribution < 1.29 is 28.9 Å². The summed E-state index contributed by atoms with van der Waals surface area (Å²) in [6.45, 7) is 10.5. The molecule has 2 aliphatic rings. The first-order valence-corrected chi connectivity index (χ1v) is 16.0. The van der Waals surface area contributed by atoms with Crippen molar-refractivity contribution in [1.29, 1.82) is 0 Å². The number of methoxy groups -OCH3 is 1. The summed E-state index contributed by atoms with van der Waals surface area (Å²) < 4.78 is 17.1. The molecule has 0 aromatic heterocycles. The van der Waals surface area contributed by atoms with Gasteiger partial charge in [-0.05, 0) is 112 Å². The zero-order valence-electron chi connectivity index (χ0n) is 26.9. The largest absolute Gasteiger partial charge is 0.493 e. The molecule has 0 radical (unpaired) electrons. The summed E-state index contributed by atoms with van der Waals surface area (Å²) in [5, 5.41) is 12.3. The van der Waals surface area contributed by atoms with Gasteiger partial charge in [-0.3, -0.25) is 4.79 Å². The van der Waals surface area contributed by atoms with Gasteiger partial charge >= 0.3 is 6.09 Å². The third-order valence-electron chi connectivity index (χ3n) is 8.75. The minimum Gasteiger partial charge on any atom is -0.493 e. The van der Waals surface area contributed by atoms with Crippen molar-refractivity contribution in [2.45, 2.75) is 77.7 Å². The highest BCUT2D eigenvalue weighted by atomic mass is 35.5. The van der Waals surface area contributed by atoms with Crippen molar-refractivity contribution in [2.75, 3.05) is 25.1 Å². The minimum atomic E-state index is -1.11. The Morgan fingerprint density at radius 2 is 1.60 bits per heavy atom. The lowest BCUT2D eigenvalue weighted by molar-refractivity contribution is -0.118. The van der Waals surface area contributed by atoms with Crippen LogP contribution in [-0.2, 0) is 21.6 Å². The Labute approximate surface area is 270 Å². The van der Waals surface area contributed by atoms with Gasteiger partial charge in [-0.25, -0.2) is 4.79 Å². The number of benzene rings is 3. The monoisotopic (exact) mass is 634 g/mol. The number of likely N-dealkylation sites (tertiary alicyclic amines) is 1. The zero-order valence-corrected chi connectivity index (χ0v) is 27.6. The number of nitrogens with zero attached hydrogens (tertiary/aromatic N) is 2. The number of anilines is 1. The van der Waals surface area contributed by atoms with Crippen molar-refractivity contribution >= 4 is 29.3 Å². The molecule has 2 atom stereocenters. The first-order chi connectivity index (χ1) is 21.4. The van der Waals surface area contributed by atoms with Gasteiger partial charge in [0.1, 0.15) is 0 Å². The van der Waals surface area contributed by atoms with Gasteiger partial charge in [0.25, 0.3) is 0 Å². The SMILES string of the molecule is COc1cc2c(cc1OC(C)C)[C@H](c1ccc(Cl)cc1)N(c1ccc(C(C)(O)C3CCN(C(=O)OC(C)C)CC3)cc1)C(=O)C2. The average molecular weight is 635 g/mol. The number of ether oxygens (including phenoxy) is 3. The number of hydrogen-bond donors (Lipinski definition) is 1. The fourth-order valence-corrected chi connectivity index (χ4v) is 6.55. The normalized spacial score (nSPS) is 18.5. The zero-order chi connectivity index (χ0) is 32.5. The van der Waals surface area contributed by atoms with E-state index in [1.165, 1.54) is 0 Å². The third kappa shape index (κ3) is 6.92. The van der Waals surface area contributed by atoms with Crippen molar-refractivity contribution in [1.82, 2.24) is 4.90 Å². The van der Waals surface area contributed by atoms with E-state index in [0.717, 1.165) is 27.9 Å². The van der Waals surface area contributed by atoms with Gasteiger partial charge in [0, 0.05) is 23.8 Å². The van der Waals surface area contributed by atoms with E-state index in [4.69, 9.17) is 25.8 Å². The smallest absolute Gasteiger partial charge is 0.410 e. The van der Waals surface area contributed by atoms with Crippen molar-refractivity contribution in [2.24, 2.45) is 5.92 Å². The van der Waals surface area contributed by atoms with Crippen LogP contribution in [-0.4, -0.2) is 54.4 Å². The van der Waals surface area contributed by atoms with Crippen LogP contribution in [0.3, 0.4) is 0 Å². The van der Waals surface area contributed by atoms with Crippen molar-refractivity contribution in [3.05, 3.63) is 87.9 Å². The Bertz CT molecular complexity index is 1510. The number of hydrogen-bond acceptors (Lipinski definition) is 6. The van der Waals surface area contributed by atoms with Gasteiger partial charge < -0.3 is 29.1 Å². The molecule has 2 amide bonds. The fraction of sp³-hybridized carbons (Fsp3) is 0.444. The van der Waals surface area contributed by atoms with Crippen LogP contribution in [0.1, 0.15) is 75.8 Å². The van der Waals surface area contributed by atoms with Crippen LogP contribution in [0.15, 0.2) is 60.7 Å². The number of amides is 2. The van der Waals surface area contributed by atoms with Gasteiger partial charge in [0.15, 0.2) is 11.5 Å². The topological polar surface area (TPSA) is 88.5 Å². The molecule has 8 nitrogen and oxygen atoms in total. The maximum Gasteiger partial charge on any atom is 0.410 e. The van der Waals surface area contributed by atoms with E-state index in [9.17, 15) is 14.7 Å². The van der Waals surface area contributed by atoms with Crippen molar-refractivity contribution in [3.8, 4) is 11.5 Å². The lowest BCUT2D eigenvalue weighted by Gasteiger charge is -2.40. The molecule has 1 unspecified atom stereocenters. The lowest BCUT2D eigenvalue weighted by Crippen LogP contribution is -2.45. The number of fused-ring (bicyclic) bond motifs is 1. The van der Waals surface area contributed by atoms with Crippen LogP contribution in [0.25, 0.3) is 0 Å². The molecule has 1 saturated heterocycles. The van der Waals surface area contributed by atoms with E-state index < -0.39 is 11.6 Å². The Morgan fingerprint density at radius 1 is 0.956 bits per heavy atom. The van der Waals surface area contributed by atoms with E-state index in [2.05, 4.69) is 0 Å². The van der Waals surface area contributed by atoms with E-state index in [0.29, 0.717) is 42.5 Å². The van der Waals surface area contributed by atoms with Crippen LogP contribution in [0.2, 0.25) is 5.02 Å². The summed E-state index contributed by atoms with van der Waals surface area (Å²) in [6, 6.07) is 18.6. The molecule has 5 rings (SSSR count). The van der Waals surface area contributed by atoms with E-state index >= 15 is 0 Å². The first kappa shape index (κ1) is 32.6.